The van der Waals surface area contributed by atoms with Gasteiger partial charge in [-0.15, -0.1) is 0 Å². The zero-order chi connectivity index (χ0) is 10.1. The van der Waals surface area contributed by atoms with E-state index in [4.69, 9.17) is 4.42 Å². The Kier molecular flexibility index (Phi) is 2.12. The Morgan fingerprint density at radius 2 is 1.79 bits per heavy atom. The van der Waals surface area contributed by atoms with Crippen molar-refractivity contribution in [2.24, 2.45) is 0 Å². The summed E-state index contributed by atoms with van der Waals surface area (Å²) in [4.78, 5) is 4.37. The Morgan fingerprint density at radius 3 is 2.36 bits per heavy atom. The van der Waals surface area contributed by atoms with Gasteiger partial charge in [-0.1, -0.05) is 18.2 Å². The molecule has 0 amide bonds. The monoisotopic (exact) mass is 187 g/mol. The summed E-state index contributed by atoms with van der Waals surface area (Å²) in [5.41, 5.74) is 3.22. The molecule has 0 N–H and O–H groups in total. The fourth-order valence-corrected chi connectivity index (χ4v) is 1.40. The standard InChI is InChI=1S/C12H13NO/c1-8-6-4-5-7-11(8)12-13-9(2)10(3)14-12/h4-7H,1-3H3. The van der Waals surface area contributed by atoms with Gasteiger partial charge < -0.3 is 4.42 Å². The van der Waals surface area contributed by atoms with Gasteiger partial charge in [-0.2, -0.15) is 0 Å². The van der Waals surface area contributed by atoms with Crippen molar-refractivity contribution in [2.75, 3.05) is 0 Å². The fraction of sp³-hybridized carbons (Fsp3) is 0.250. The lowest BCUT2D eigenvalue weighted by Crippen LogP contribution is -1.82. The third-order valence-corrected chi connectivity index (χ3v) is 2.40. The normalized spacial score (nSPS) is 10.5. The van der Waals surface area contributed by atoms with E-state index >= 15 is 0 Å². The van der Waals surface area contributed by atoms with Gasteiger partial charge in [0.15, 0.2) is 0 Å². The number of rotatable bonds is 1. The molecule has 14 heavy (non-hydrogen) atoms. The molecule has 2 heteroatoms. The first-order chi connectivity index (χ1) is 6.68. The second-order valence-corrected chi connectivity index (χ2v) is 3.48. The van der Waals surface area contributed by atoms with Crippen LogP contribution in [0, 0.1) is 20.8 Å². The van der Waals surface area contributed by atoms with E-state index in [9.17, 15) is 0 Å². The second kappa shape index (κ2) is 3.29. The van der Waals surface area contributed by atoms with E-state index in [2.05, 4.69) is 18.0 Å². The average Bonchev–Trinajstić information content (AvgIpc) is 2.48. The third-order valence-electron chi connectivity index (χ3n) is 2.40. The van der Waals surface area contributed by atoms with Gasteiger partial charge in [0, 0.05) is 5.56 Å². The SMILES string of the molecule is Cc1ccccc1-c1nc(C)c(C)o1. The summed E-state index contributed by atoms with van der Waals surface area (Å²) in [6.45, 7) is 5.95. The lowest BCUT2D eigenvalue weighted by molar-refractivity contribution is 0.540. The highest BCUT2D eigenvalue weighted by Gasteiger charge is 2.09. The number of aryl methyl sites for hydroxylation is 3. The summed E-state index contributed by atoms with van der Waals surface area (Å²) in [5, 5.41) is 0. The van der Waals surface area contributed by atoms with E-state index in [0.717, 1.165) is 22.9 Å². The Balaban J connectivity index is 2.55. The lowest BCUT2D eigenvalue weighted by Gasteiger charge is -1.98. The van der Waals surface area contributed by atoms with Gasteiger partial charge in [0.2, 0.25) is 5.89 Å². The van der Waals surface area contributed by atoms with Crippen molar-refractivity contribution >= 4 is 0 Å². The molecule has 0 spiro atoms. The second-order valence-electron chi connectivity index (χ2n) is 3.48. The van der Waals surface area contributed by atoms with Crippen molar-refractivity contribution in [3.8, 4) is 11.5 Å². The fourth-order valence-electron chi connectivity index (χ4n) is 1.40. The maximum atomic E-state index is 5.57. The largest absolute Gasteiger partial charge is 0.441 e. The Labute approximate surface area is 83.6 Å². The predicted octanol–water partition coefficient (Wildman–Crippen LogP) is 3.27. The minimum Gasteiger partial charge on any atom is -0.441 e. The summed E-state index contributed by atoms with van der Waals surface area (Å²) >= 11 is 0. The van der Waals surface area contributed by atoms with Crippen LogP contribution in [0.2, 0.25) is 0 Å². The van der Waals surface area contributed by atoms with Crippen molar-refractivity contribution in [1.82, 2.24) is 4.98 Å². The van der Waals surface area contributed by atoms with Gasteiger partial charge in [-0.05, 0) is 32.4 Å². The smallest absolute Gasteiger partial charge is 0.226 e. The van der Waals surface area contributed by atoms with Crippen LogP contribution in [0.5, 0.6) is 0 Å². The van der Waals surface area contributed by atoms with E-state index in [1.54, 1.807) is 0 Å². The van der Waals surface area contributed by atoms with E-state index in [1.807, 2.05) is 32.0 Å². The van der Waals surface area contributed by atoms with Crippen LogP contribution < -0.4 is 0 Å². The third kappa shape index (κ3) is 1.43. The maximum Gasteiger partial charge on any atom is 0.226 e. The molecule has 0 aliphatic carbocycles. The minimum absolute atomic E-state index is 0.720. The van der Waals surface area contributed by atoms with Crippen molar-refractivity contribution in [3.63, 3.8) is 0 Å². The zero-order valence-electron chi connectivity index (χ0n) is 8.66. The quantitative estimate of drug-likeness (QED) is 0.684. The van der Waals surface area contributed by atoms with Crippen LogP contribution in [0.3, 0.4) is 0 Å². The van der Waals surface area contributed by atoms with E-state index < -0.39 is 0 Å². The summed E-state index contributed by atoms with van der Waals surface area (Å²) < 4.78 is 5.57. The highest BCUT2D eigenvalue weighted by atomic mass is 16.4. The molecule has 2 aromatic rings. The average molecular weight is 187 g/mol. The van der Waals surface area contributed by atoms with E-state index in [1.165, 1.54) is 5.56 Å². The molecular weight excluding hydrogens is 174 g/mol. The zero-order valence-corrected chi connectivity index (χ0v) is 8.66. The van der Waals surface area contributed by atoms with Gasteiger partial charge in [-0.25, -0.2) is 4.98 Å². The van der Waals surface area contributed by atoms with Gasteiger partial charge in [0.05, 0.1) is 5.69 Å². The number of aromatic nitrogens is 1. The van der Waals surface area contributed by atoms with E-state index in [0.29, 0.717) is 0 Å². The van der Waals surface area contributed by atoms with Crippen molar-refractivity contribution in [2.45, 2.75) is 20.8 Å². The molecule has 0 radical (unpaired) electrons. The molecule has 0 bridgehead atoms. The molecule has 0 unspecified atom stereocenters. The molecule has 72 valence electrons. The number of hydrogen-bond donors (Lipinski definition) is 0. The van der Waals surface area contributed by atoms with Crippen LogP contribution in [0.15, 0.2) is 28.7 Å². The number of nitrogens with zero attached hydrogens (tertiary/aromatic N) is 1. The Hall–Kier alpha value is -1.57. The van der Waals surface area contributed by atoms with Crippen LogP contribution in [0.25, 0.3) is 11.5 Å². The van der Waals surface area contributed by atoms with Crippen molar-refractivity contribution in [1.29, 1.82) is 0 Å². The summed E-state index contributed by atoms with van der Waals surface area (Å²) in [6, 6.07) is 8.10. The van der Waals surface area contributed by atoms with Crippen molar-refractivity contribution < 1.29 is 4.42 Å². The summed E-state index contributed by atoms with van der Waals surface area (Å²) in [7, 11) is 0. The molecule has 1 heterocycles. The number of oxazole rings is 1. The minimum atomic E-state index is 0.720. The molecule has 0 atom stereocenters. The lowest BCUT2D eigenvalue weighted by atomic mass is 10.1. The highest BCUT2D eigenvalue weighted by Crippen LogP contribution is 2.23. The van der Waals surface area contributed by atoms with Crippen LogP contribution in [-0.4, -0.2) is 4.98 Å². The number of hydrogen-bond acceptors (Lipinski definition) is 2. The highest BCUT2D eigenvalue weighted by molar-refractivity contribution is 5.58. The molecule has 0 saturated carbocycles. The van der Waals surface area contributed by atoms with Gasteiger partial charge >= 0.3 is 0 Å². The molecule has 0 aliphatic rings. The van der Waals surface area contributed by atoms with Crippen LogP contribution in [0.4, 0.5) is 0 Å². The first-order valence-electron chi connectivity index (χ1n) is 4.68. The summed E-state index contributed by atoms with van der Waals surface area (Å²) in [5.74, 6) is 1.61. The molecule has 2 rings (SSSR count). The van der Waals surface area contributed by atoms with Crippen LogP contribution in [0.1, 0.15) is 17.0 Å². The number of benzene rings is 1. The Morgan fingerprint density at radius 1 is 1.07 bits per heavy atom. The van der Waals surface area contributed by atoms with Crippen LogP contribution >= 0.6 is 0 Å². The first kappa shape index (κ1) is 9.00. The predicted molar refractivity (Wildman–Crippen MR) is 56.2 cm³/mol. The molecule has 2 nitrogen and oxygen atoms in total. The van der Waals surface area contributed by atoms with Crippen LogP contribution in [-0.2, 0) is 0 Å². The van der Waals surface area contributed by atoms with Gasteiger partial charge in [0.1, 0.15) is 5.76 Å². The molecule has 1 aromatic heterocycles. The Bertz CT molecular complexity index is 438. The molecule has 0 saturated heterocycles. The van der Waals surface area contributed by atoms with Crippen molar-refractivity contribution in [3.05, 3.63) is 41.3 Å². The maximum absolute atomic E-state index is 5.57. The molecule has 0 aliphatic heterocycles. The van der Waals surface area contributed by atoms with Gasteiger partial charge in [0.25, 0.3) is 0 Å². The molecule has 0 fully saturated rings. The van der Waals surface area contributed by atoms with E-state index in [-0.39, 0.29) is 0 Å². The first-order valence-corrected chi connectivity index (χ1v) is 4.68. The topological polar surface area (TPSA) is 26.0 Å². The molecular formula is C12H13NO. The summed E-state index contributed by atoms with van der Waals surface area (Å²) in [6.07, 6.45) is 0. The van der Waals surface area contributed by atoms with Gasteiger partial charge in [-0.3, -0.25) is 0 Å². The molecule has 1 aromatic carbocycles.